The lowest BCUT2D eigenvalue weighted by atomic mass is 9.99. The highest BCUT2D eigenvalue weighted by Gasteiger charge is 2.47. The molecule has 1 fully saturated rings. The van der Waals surface area contributed by atoms with Crippen LogP contribution in [0.5, 0.6) is 0 Å². The quantitative estimate of drug-likeness (QED) is 0.0149. The third kappa shape index (κ3) is 41.5. The summed E-state index contributed by atoms with van der Waals surface area (Å²) in [6.07, 6.45) is 59.2. The van der Waals surface area contributed by atoms with Crippen LogP contribution in [0.3, 0.4) is 0 Å². The van der Waals surface area contributed by atoms with Gasteiger partial charge >= 0.3 is 5.97 Å². The minimum absolute atomic E-state index is 0.0975. The molecule has 0 aromatic carbocycles. The predicted octanol–water partition coefficient (Wildman–Crippen LogP) is 14.9. The maximum atomic E-state index is 13.4. The predicted molar refractivity (Wildman–Crippen MR) is 319 cm³/mol. The second kappa shape index (κ2) is 53.5. The zero-order valence-corrected chi connectivity index (χ0v) is 49.1. The Labute approximate surface area is 470 Å². The molecule has 0 aromatic rings. The van der Waals surface area contributed by atoms with Crippen molar-refractivity contribution in [2.75, 3.05) is 13.2 Å². The molecule has 6 N–H and O–H groups in total. The van der Waals surface area contributed by atoms with Crippen LogP contribution in [-0.4, -0.2) is 99.6 Å². The Hall–Kier alpha value is -3.16. The number of nitrogens with one attached hydrogen (secondary N) is 1. The second-order valence-corrected chi connectivity index (χ2v) is 21.5. The SMILES string of the molecule is CC/C=C/C=C/C=C\CCCCCCCC(=O)OC1C(OCC(NC(=O)C(O)CCCCCCCCCCCCC/C=C\C/C=C\C/C=C\CCCCC)C(O)/C=C/CCCCCCCCCCC)OC(CO)C(O)C1O. The van der Waals surface area contributed by atoms with Crippen LogP contribution < -0.4 is 5.32 Å². The van der Waals surface area contributed by atoms with Gasteiger partial charge in [-0.3, -0.25) is 9.59 Å². The summed E-state index contributed by atoms with van der Waals surface area (Å²) in [7, 11) is 0. The first kappa shape index (κ1) is 71.9. The molecule has 8 unspecified atom stereocenters. The average molecular weight is 1080 g/mol. The fourth-order valence-electron chi connectivity index (χ4n) is 9.36. The summed E-state index contributed by atoms with van der Waals surface area (Å²) in [5.41, 5.74) is 0. The minimum atomic E-state index is -1.62. The number of amides is 1. The largest absolute Gasteiger partial charge is 0.454 e. The summed E-state index contributed by atoms with van der Waals surface area (Å²) in [5.74, 6) is -1.22. The summed E-state index contributed by atoms with van der Waals surface area (Å²) in [4.78, 5) is 26.5. The first-order valence-corrected chi connectivity index (χ1v) is 31.4. The van der Waals surface area contributed by atoms with Crippen molar-refractivity contribution in [1.82, 2.24) is 5.32 Å². The van der Waals surface area contributed by atoms with Gasteiger partial charge in [-0.2, -0.15) is 0 Å². The lowest BCUT2D eigenvalue weighted by Crippen LogP contribution is -2.61. The standard InChI is InChI=1S/C66H115NO10/c1-4-7-10-13-16-19-22-24-25-26-27-28-29-30-31-32-33-34-36-38-41-44-47-50-53-59(70)65(74)67-57(58(69)52-49-46-43-40-37-21-18-15-12-9-6-3)56-75-66-64(63(73)62(72)60(55-68)76-66)77-61(71)54-51-48-45-42-39-35-23-20-17-14-11-8-5-2/h8,11,14,16-17,19-20,23-25,27-28,49,52,57-60,62-64,66,68-70,72-73H,4-7,9-10,12-13,15,18,21-22,26,29-48,50-51,53-56H2,1-3H3,(H,67,74)/b11-8+,17-14+,19-16-,23-20-,25-24-,28-27-,52-49+. The Balaban J connectivity index is 2.62. The Morgan fingerprint density at radius 2 is 0.987 bits per heavy atom. The lowest BCUT2D eigenvalue weighted by molar-refractivity contribution is -0.305. The summed E-state index contributed by atoms with van der Waals surface area (Å²) < 4.78 is 17.6. The molecule has 0 aliphatic carbocycles. The molecule has 1 heterocycles. The maximum absolute atomic E-state index is 13.4. The molecule has 1 saturated heterocycles. The van der Waals surface area contributed by atoms with Gasteiger partial charge < -0.3 is 45.1 Å². The number of unbranched alkanes of at least 4 members (excludes halogenated alkanes) is 28. The number of ether oxygens (including phenoxy) is 3. The van der Waals surface area contributed by atoms with Gasteiger partial charge in [-0.25, -0.2) is 0 Å². The first-order valence-electron chi connectivity index (χ1n) is 31.4. The molecule has 77 heavy (non-hydrogen) atoms. The molecule has 0 bridgehead atoms. The molecule has 1 rings (SSSR count). The summed E-state index contributed by atoms with van der Waals surface area (Å²) in [5, 5.41) is 56.9. The summed E-state index contributed by atoms with van der Waals surface area (Å²) in [6, 6.07) is -1.03. The van der Waals surface area contributed by atoms with Gasteiger partial charge in [0.2, 0.25) is 5.91 Å². The molecule has 1 aliphatic heterocycles. The van der Waals surface area contributed by atoms with E-state index in [4.69, 9.17) is 14.2 Å². The fraction of sp³-hybridized carbons (Fsp3) is 0.758. The number of carbonyl (C=O) groups excluding carboxylic acids is 2. The van der Waals surface area contributed by atoms with Crippen molar-refractivity contribution in [3.05, 3.63) is 85.1 Å². The third-order valence-corrected chi connectivity index (χ3v) is 14.3. The monoisotopic (exact) mass is 1080 g/mol. The van der Waals surface area contributed by atoms with Gasteiger partial charge in [0.15, 0.2) is 12.4 Å². The van der Waals surface area contributed by atoms with Crippen molar-refractivity contribution in [3.8, 4) is 0 Å². The second-order valence-electron chi connectivity index (χ2n) is 21.5. The van der Waals surface area contributed by atoms with E-state index in [0.717, 1.165) is 96.3 Å². The molecule has 0 radical (unpaired) electrons. The normalized spacial score (nSPS) is 19.6. The van der Waals surface area contributed by atoms with E-state index < -0.39 is 67.4 Å². The van der Waals surface area contributed by atoms with Gasteiger partial charge in [0.25, 0.3) is 0 Å². The average Bonchev–Trinajstić information content (AvgIpc) is 3.44. The van der Waals surface area contributed by atoms with Crippen molar-refractivity contribution >= 4 is 11.9 Å². The van der Waals surface area contributed by atoms with E-state index in [1.807, 2.05) is 24.3 Å². The number of carbonyl (C=O) groups is 2. The van der Waals surface area contributed by atoms with Crippen LogP contribution in [0.2, 0.25) is 0 Å². The van der Waals surface area contributed by atoms with Gasteiger partial charge in [-0.05, 0) is 83.5 Å². The number of hydrogen-bond donors (Lipinski definition) is 6. The highest BCUT2D eigenvalue weighted by Crippen LogP contribution is 2.26. The Bertz CT molecular complexity index is 1570. The topological polar surface area (TPSA) is 175 Å². The molecule has 0 saturated carbocycles. The van der Waals surface area contributed by atoms with Crippen molar-refractivity contribution in [2.45, 2.75) is 307 Å². The first-order chi connectivity index (χ1) is 37.7. The third-order valence-electron chi connectivity index (χ3n) is 14.3. The van der Waals surface area contributed by atoms with Crippen LogP contribution in [0.15, 0.2) is 85.1 Å². The molecule has 8 atom stereocenters. The van der Waals surface area contributed by atoms with Crippen LogP contribution >= 0.6 is 0 Å². The van der Waals surface area contributed by atoms with Crippen LogP contribution in [0.25, 0.3) is 0 Å². The molecule has 1 amide bonds. The molecular formula is C66H115NO10. The number of esters is 1. The summed E-state index contributed by atoms with van der Waals surface area (Å²) in [6.45, 7) is 5.60. The maximum Gasteiger partial charge on any atom is 0.306 e. The molecule has 0 aromatic heterocycles. The summed E-state index contributed by atoms with van der Waals surface area (Å²) >= 11 is 0. The Kier molecular flexibility index (Phi) is 49.9. The number of aliphatic hydroxyl groups is 5. The number of rotatable bonds is 52. The Morgan fingerprint density at radius 1 is 0.532 bits per heavy atom. The highest BCUT2D eigenvalue weighted by atomic mass is 16.7. The fourth-order valence-corrected chi connectivity index (χ4v) is 9.36. The van der Waals surface area contributed by atoms with E-state index in [2.05, 4.69) is 80.8 Å². The van der Waals surface area contributed by atoms with E-state index in [-0.39, 0.29) is 19.4 Å². The van der Waals surface area contributed by atoms with Crippen LogP contribution in [0, 0.1) is 0 Å². The highest BCUT2D eigenvalue weighted by molar-refractivity contribution is 5.80. The van der Waals surface area contributed by atoms with Gasteiger partial charge in [0.05, 0.1) is 25.4 Å². The van der Waals surface area contributed by atoms with Gasteiger partial charge in [-0.15, -0.1) is 0 Å². The van der Waals surface area contributed by atoms with E-state index in [1.165, 1.54) is 116 Å². The smallest absolute Gasteiger partial charge is 0.306 e. The van der Waals surface area contributed by atoms with Crippen molar-refractivity contribution < 1.29 is 49.3 Å². The van der Waals surface area contributed by atoms with E-state index in [9.17, 15) is 35.1 Å². The molecule has 11 heteroatoms. The zero-order chi connectivity index (χ0) is 56.1. The number of hydrogen-bond acceptors (Lipinski definition) is 10. The van der Waals surface area contributed by atoms with E-state index in [1.54, 1.807) is 6.08 Å². The number of allylic oxidation sites excluding steroid dienone is 13. The van der Waals surface area contributed by atoms with Gasteiger partial charge in [0, 0.05) is 6.42 Å². The van der Waals surface area contributed by atoms with Gasteiger partial charge in [-0.1, -0.05) is 254 Å². The number of aliphatic hydroxyl groups excluding tert-OH is 5. The molecule has 1 aliphatic rings. The van der Waals surface area contributed by atoms with Crippen molar-refractivity contribution in [3.63, 3.8) is 0 Å². The van der Waals surface area contributed by atoms with Crippen LogP contribution in [-0.2, 0) is 23.8 Å². The lowest BCUT2D eigenvalue weighted by Gasteiger charge is -2.41. The van der Waals surface area contributed by atoms with E-state index >= 15 is 0 Å². The molecule has 444 valence electrons. The zero-order valence-electron chi connectivity index (χ0n) is 49.1. The molecule has 11 nitrogen and oxygen atoms in total. The molecular weight excluding hydrogens is 967 g/mol. The van der Waals surface area contributed by atoms with Crippen molar-refractivity contribution in [2.24, 2.45) is 0 Å². The van der Waals surface area contributed by atoms with Crippen LogP contribution in [0.1, 0.15) is 258 Å². The van der Waals surface area contributed by atoms with Crippen LogP contribution in [0.4, 0.5) is 0 Å². The Morgan fingerprint density at radius 3 is 1.53 bits per heavy atom. The minimum Gasteiger partial charge on any atom is -0.454 e. The van der Waals surface area contributed by atoms with E-state index in [0.29, 0.717) is 12.8 Å². The van der Waals surface area contributed by atoms with Crippen molar-refractivity contribution in [1.29, 1.82) is 0 Å². The van der Waals surface area contributed by atoms with Gasteiger partial charge in [0.1, 0.15) is 24.4 Å². The molecule has 0 spiro atoms.